The third-order valence-corrected chi connectivity index (χ3v) is 5.40. The number of thioether (sulfide) groups is 1. The molecule has 1 fully saturated rings. The SMILES string of the molecule is CN1C(=O)COc2ccc(C(=O)N(C)C3CCSCC3)cc21. The quantitative estimate of drug-likeness (QED) is 0.836. The summed E-state index contributed by atoms with van der Waals surface area (Å²) in [7, 11) is 3.58. The van der Waals surface area contributed by atoms with Gasteiger partial charge in [-0.2, -0.15) is 11.8 Å². The molecule has 3 rings (SSSR count). The van der Waals surface area contributed by atoms with Crippen molar-refractivity contribution in [1.82, 2.24) is 4.90 Å². The molecule has 5 nitrogen and oxygen atoms in total. The van der Waals surface area contributed by atoms with Crippen LogP contribution in [0.5, 0.6) is 5.75 Å². The normalized spacial score (nSPS) is 18.6. The van der Waals surface area contributed by atoms with Gasteiger partial charge >= 0.3 is 0 Å². The van der Waals surface area contributed by atoms with Gasteiger partial charge in [-0.05, 0) is 42.5 Å². The number of carbonyl (C=O) groups is 2. The Kier molecular flexibility index (Phi) is 4.29. The first kappa shape index (κ1) is 15.2. The van der Waals surface area contributed by atoms with E-state index < -0.39 is 0 Å². The standard InChI is InChI=1S/C16H20N2O3S/c1-17(12-5-7-22-8-6-12)16(20)11-3-4-14-13(9-11)18(2)15(19)10-21-14/h3-4,9,12H,5-8,10H2,1-2H3. The highest BCUT2D eigenvalue weighted by Gasteiger charge is 2.26. The Morgan fingerprint density at radius 2 is 2.09 bits per heavy atom. The topological polar surface area (TPSA) is 49.9 Å². The number of amides is 2. The van der Waals surface area contributed by atoms with Gasteiger partial charge in [0.05, 0.1) is 5.69 Å². The Morgan fingerprint density at radius 1 is 1.36 bits per heavy atom. The Morgan fingerprint density at radius 3 is 2.82 bits per heavy atom. The van der Waals surface area contributed by atoms with Gasteiger partial charge in [0.1, 0.15) is 5.75 Å². The molecule has 1 aromatic rings. The Balaban J connectivity index is 1.82. The third kappa shape index (κ3) is 2.79. The summed E-state index contributed by atoms with van der Waals surface area (Å²) < 4.78 is 5.40. The minimum absolute atomic E-state index is 0.00567. The summed E-state index contributed by atoms with van der Waals surface area (Å²) in [5.74, 6) is 2.77. The van der Waals surface area contributed by atoms with Gasteiger partial charge in [0, 0.05) is 25.7 Å². The van der Waals surface area contributed by atoms with E-state index in [1.165, 1.54) is 0 Å². The lowest BCUT2D eigenvalue weighted by molar-refractivity contribution is -0.120. The van der Waals surface area contributed by atoms with Gasteiger partial charge in [0.15, 0.2) is 6.61 Å². The second kappa shape index (κ2) is 6.20. The van der Waals surface area contributed by atoms with Gasteiger partial charge < -0.3 is 14.5 Å². The van der Waals surface area contributed by atoms with E-state index in [4.69, 9.17) is 4.74 Å². The zero-order chi connectivity index (χ0) is 15.7. The maximum atomic E-state index is 12.7. The number of anilines is 1. The molecular weight excluding hydrogens is 300 g/mol. The average molecular weight is 320 g/mol. The van der Waals surface area contributed by atoms with Crippen LogP contribution in [0.15, 0.2) is 18.2 Å². The highest BCUT2D eigenvalue weighted by Crippen LogP contribution is 2.32. The first-order valence-corrected chi connectivity index (χ1v) is 8.61. The molecule has 2 amide bonds. The lowest BCUT2D eigenvalue weighted by Crippen LogP contribution is -2.39. The molecule has 2 heterocycles. The molecule has 0 spiro atoms. The molecule has 0 unspecified atom stereocenters. The monoisotopic (exact) mass is 320 g/mol. The molecule has 0 radical (unpaired) electrons. The first-order valence-electron chi connectivity index (χ1n) is 7.46. The molecule has 0 aromatic heterocycles. The zero-order valence-electron chi connectivity index (χ0n) is 12.9. The molecule has 0 aliphatic carbocycles. The Hall–Kier alpha value is -1.69. The van der Waals surface area contributed by atoms with E-state index in [0.717, 1.165) is 24.3 Å². The van der Waals surface area contributed by atoms with Crippen molar-refractivity contribution in [3.63, 3.8) is 0 Å². The fourth-order valence-corrected chi connectivity index (χ4v) is 3.93. The largest absolute Gasteiger partial charge is 0.482 e. The van der Waals surface area contributed by atoms with Crippen LogP contribution in [-0.2, 0) is 4.79 Å². The number of hydrogen-bond donors (Lipinski definition) is 0. The smallest absolute Gasteiger partial charge is 0.264 e. The van der Waals surface area contributed by atoms with Gasteiger partial charge in [0.2, 0.25) is 0 Å². The molecule has 0 atom stereocenters. The highest BCUT2D eigenvalue weighted by molar-refractivity contribution is 7.99. The van der Waals surface area contributed by atoms with Crippen LogP contribution in [0.25, 0.3) is 0 Å². The van der Waals surface area contributed by atoms with Gasteiger partial charge in [-0.3, -0.25) is 9.59 Å². The van der Waals surface area contributed by atoms with E-state index in [1.807, 2.05) is 23.7 Å². The van der Waals surface area contributed by atoms with Gasteiger partial charge in [-0.1, -0.05) is 0 Å². The second-order valence-corrected chi connectivity index (χ2v) is 6.91. The summed E-state index contributed by atoms with van der Waals surface area (Å²) in [5.41, 5.74) is 1.26. The van der Waals surface area contributed by atoms with E-state index in [0.29, 0.717) is 23.0 Å². The summed E-state index contributed by atoms with van der Waals surface area (Å²) >= 11 is 1.94. The van der Waals surface area contributed by atoms with Crippen LogP contribution in [0.1, 0.15) is 23.2 Å². The molecule has 1 saturated heterocycles. The molecule has 0 bridgehead atoms. The molecule has 1 aromatic carbocycles. The Labute approximate surface area is 134 Å². The number of hydrogen-bond acceptors (Lipinski definition) is 4. The minimum Gasteiger partial charge on any atom is -0.482 e. The highest BCUT2D eigenvalue weighted by atomic mass is 32.2. The molecule has 22 heavy (non-hydrogen) atoms. The molecule has 0 saturated carbocycles. The zero-order valence-corrected chi connectivity index (χ0v) is 13.7. The summed E-state index contributed by atoms with van der Waals surface area (Å²) in [6.45, 7) is 0.0520. The molecule has 2 aliphatic heterocycles. The summed E-state index contributed by atoms with van der Waals surface area (Å²) in [4.78, 5) is 27.8. The van der Waals surface area contributed by atoms with E-state index in [9.17, 15) is 9.59 Å². The van der Waals surface area contributed by atoms with Crippen LogP contribution in [-0.4, -0.2) is 55.0 Å². The van der Waals surface area contributed by atoms with E-state index in [2.05, 4.69) is 0 Å². The third-order valence-electron chi connectivity index (χ3n) is 4.35. The molecule has 0 N–H and O–H groups in total. The van der Waals surface area contributed by atoms with Crippen LogP contribution >= 0.6 is 11.8 Å². The number of nitrogens with zero attached hydrogens (tertiary/aromatic N) is 2. The van der Waals surface area contributed by atoms with E-state index in [1.54, 1.807) is 30.1 Å². The van der Waals surface area contributed by atoms with Gasteiger partial charge in [-0.15, -0.1) is 0 Å². The van der Waals surface area contributed by atoms with Crippen molar-refractivity contribution in [2.24, 2.45) is 0 Å². The number of fused-ring (bicyclic) bond motifs is 1. The number of ether oxygens (including phenoxy) is 1. The van der Waals surface area contributed by atoms with Crippen LogP contribution in [0, 0.1) is 0 Å². The van der Waals surface area contributed by atoms with Crippen molar-refractivity contribution in [3.8, 4) is 5.75 Å². The summed E-state index contributed by atoms with van der Waals surface area (Å²) in [6.07, 6.45) is 2.08. The van der Waals surface area contributed by atoms with Crippen LogP contribution in [0.2, 0.25) is 0 Å². The maximum absolute atomic E-state index is 12.7. The van der Waals surface area contributed by atoms with Crippen molar-refractivity contribution in [2.75, 3.05) is 37.1 Å². The van der Waals surface area contributed by atoms with Crippen LogP contribution < -0.4 is 9.64 Å². The number of benzene rings is 1. The van der Waals surface area contributed by atoms with Crippen LogP contribution in [0.4, 0.5) is 5.69 Å². The van der Waals surface area contributed by atoms with Crippen LogP contribution in [0.3, 0.4) is 0 Å². The molecular formula is C16H20N2O3S. The predicted molar refractivity (Wildman–Crippen MR) is 87.8 cm³/mol. The Bertz CT molecular complexity index is 599. The lowest BCUT2D eigenvalue weighted by Gasteiger charge is -2.32. The summed E-state index contributed by atoms with van der Waals surface area (Å²) in [5, 5.41) is 0. The molecule has 6 heteroatoms. The van der Waals surface area contributed by atoms with Gasteiger partial charge in [0.25, 0.3) is 11.8 Å². The molecule has 2 aliphatic rings. The second-order valence-electron chi connectivity index (χ2n) is 5.68. The van der Waals surface area contributed by atoms with Crippen molar-refractivity contribution < 1.29 is 14.3 Å². The number of carbonyl (C=O) groups excluding carboxylic acids is 2. The van der Waals surface area contributed by atoms with Crippen molar-refractivity contribution in [2.45, 2.75) is 18.9 Å². The average Bonchev–Trinajstić information content (AvgIpc) is 2.57. The fourth-order valence-electron chi connectivity index (χ4n) is 2.85. The van der Waals surface area contributed by atoms with Crippen molar-refractivity contribution >= 4 is 29.3 Å². The first-order chi connectivity index (χ1) is 10.6. The molecule has 118 valence electrons. The minimum atomic E-state index is -0.102. The maximum Gasteiger partial charge on any atom is 0.264 e. The van der Waals surface area contributed by atoms with E-state index >= 15 is 0 Å². The lowest BCUT2D eigenvalue weighted by atomic mass is 10.1. The van der Waals surface area contributed by atoms with Gasteiger partial charge in [-0.25, -0.2) is 0 Å². The number of likely N-dealkylation sites (N-methyl/N-ethyl adjacent to an activating group) is 1. The number of rotatable bonds is 2. The van der Waals surface area contributed by atoms with E-state index in [-0.39, 0.29) is 18.4 Å². The predicted octanol–water partition coefficient (Wildman–Crippen LogP) is 2.01. The van der Waals surface area contributed by atoms with Crippen molar-refractivity contribution in [1.29, 1.82) is 0 Å². The summed E-state index contributed by atoms with van der Waals surface area (Å²) in [6, 6.07) is 5.61. The van der Waals surface area contributed by atoms with Crippen molar-refractivity contribution in [3.05, 3.63) is 23.8 Å². The fraction of sp³-hybridized carbons (Fsp3) is 0.500.